The molecule has 0 fully saturated rings. The van der Waals surface area contributed by atoms with Crippen LogP contribution in [0.3, 0.4) is 0 Å². The van der Waals surface area contributed by atoms with Crippen LogP contribution in [0.15, 0.2) is 35.3 Å². The molecule has 15 heavy (non-hydrogen) atoms. The molecule has 1 aromatic rings. The van der Waals surface area contributed by atoms with Crippen LogP contribution in [0, 0.1) is 11.2 Å². The molecule has 0 aliphatic heterocycles. The first-order valence-electron chi connectivity index (χ1n) is 4.78. The summed E-state index contributed by atoms with van der Waals surface area (Å²) >= 11 is 3.32. The summed E-state index contributed by atoms with van der Waals surface area (Å²) in [5, 5.41) is 0. The van der Waals surface area contributed by atoms with Crippen LogP contribution < -0.4 is 5.73 Å². The highest BCUT2D eigenvalue weighted by molar-refractivity contribution is 9.10. The molecule has 3 heteroatoms. The molecule has 1 nitrogen and oxygen atoms in total. The van der Waals surface area contributed by atoms with Crippen molar-refractivity contribution in [3.05, 3.63) is 46.7 Å². The van der Waals surface area contributed by atoms with Crippen LogP contribution in [0.4, 0.5) is 4.39 Å². The highest BCUT2D eigenvalue weighted by atomic mass is 79.9. The molecule has 82 valence electrons. The van der Waals surface area contributed by atoms with Crippen LogP contribution in [0.5, 0.6) is 0 Å². The fraction of sp³-hybridized carbons (Fsp3) is 0.333. The number of nitrogens with two attached hydrogens (primary N) is 1. The van der Waals surface area contributed by atoms with Gasteiger partial charge >= 0.3 is 0 Å². The van der Waals surface area contributed by atoms with Crippen LogP contribution in [0.2, 0.25) is 0 Å². The van der Waals surface area contributed by atoms with E-state index in [9.17, 15) is 4.39 Å². The van der Waals surface area contributed by atoms with Gasteiger partial charge in [-0.1, -0.05) is 28.9 Å². The van der Waals surface area contributed by atoms with Gasteiger partial charge in [0.2, 0.25) is 0 Å². The topological polar surface area (TPSA) is 26.0 Å². The second-order valence-corrected chi connectivity index (χ2v) is 4.89. The molecule has 1 aromatic carbocycles. The van der Waals surface area contributed by atoms with Crippen molar-refractivity contribution < 1.29 is 4.39 Å². The third kappa shape index (κ3) is 3.14. The average molecular weight is 272 g/mol. The maximum atomic E-state index is 13.5. The molecule has 0 aliphatic carbocycles. The Labute approximate surface area is 98.3 Å². The Kier molecular flexibility index (Phi) is 4.05. The zero-order valence-electron chi connectivity index (χ0n) is 8.76. The van der Waals surface area contributed by atoms with Gasteiger partial charge in [-0.05, 0) is 30.2 Å². The number of hydrogen-bond donors (Lipinski definition) is 1. The van der Waals surface area contributed by atoms with Gasteiger partial charge in [0.25, 0.3) is 0 Å². The second kappa shape index (κ2) is 4.90. The van der Waals surface area contributed by atoms with Crippen LogP contribution in [0.25, 0.3) is 0 Å². The van der Waals surface area contributed by atoms with E-state index >= 15 is 0 Å². The molecule has 0 heterocycles. The number of halogens is 2. The third-order valence-corrected chi connectivity index (χ3v) is 3.05. The summed E-state index contributed by atoms with van der Waals surface area (Å²) in [5.74, 6) is -0.195. The van der Waals surface area contributed by atoms with E-state index in [0.29, 0.717) is 18.5 Å². The van der Waals surface area contributed by atoms with Gasteiger partial charge in [-0.25, -0.2) is 4.39 Å². The molecule has 2 N–H and O–H groups in total. The summed E-state index contributed by atoms with van der Waals surface area (Å²) in [6.45, 7) is 6.17. The minimum absolute atomic E-state index is 0.195. The maximum absolute atomic E-state index is 13.5. The fourth-order valence-corrected chi connectivity index (χ4v) is 1.75. The maximum Gasteiger partial charge on any atom is 0.126 e. The molecule has 0 radical (unpaired) electrons. The summed E-state index contributed by atoms with van der Waals surface area (Å²) in [7, 11) is 0. The highest BCUT2D eigenvalue weighted by Crippen LogP contribution is 2.25. The van der Waals surface area contributed by atoms with Crippen molar-refractivity contribution in [2.45, 2.75) is 13.3 Å². The van der Waals surface area contributed by atoms with Gasteiger partial charge < -0.3 is 5.73 Å². The zero-order chi connectivity index (χ0) is 11.5. The van der Waals surface area contributed by atoms with E-state index in [0.717, 1.165) is 4.47 Å². The Morgan fingerprint density at radius 2 is 2.27 bits per heavy atom. The summed E-state index contributed by atoms with van der Waals surface area (Å²) in [5.41, 5.74) is 6.06. The van der Waals surface area contributed by atoms with Gasteiger partial charge in [-0.2, -0.15) is 0 Å². The van der Waals surface area contributed by atoms with Crippen molar-refractivity contribution in [3.63, 3.8) is 0 Å². The minimum Gasteiger partial charge on any atom is -0.330 e. The van der Waals surface area contributed by atoms with Crippen molar-refractivity contribution in [2.75, 3.05) is 6.54 Å². The van der Waals surface area contributed by atoms with E-state index in [1.54, 1.807) is 18.2 Å². The Bertz CT molecular complexity index is 365. The Balaban J connectivity index is 2.97. The van der Waals surface area contributed by atoms with Crippen molar-refractivity contribution in [1.82, 2.24) is 0 Å². The Hall–Kier alpha value is -0.670. The lowest BCUT2D eigenvalue weighted by molar-refractivity contribution is 0.428. The summed E-state index contributed by atoms with van der Waals surface area (Å²) in [6, 6.07) is 4.93. The van der Waals surface area contributed by atoms with E-state index in [1.807, 2.05) is 6.92 Å². The highest BCUT2D eigenvalue weighted by Gasteiger charge is 2.20. The number of rotatable bonds is 4. The van der Waals surface area contributed by atoms with E-state index in [-0.39, 0.29) is 11.2 Å². The molecule has 1 atom stereocenters. The summed E-state index contributed by atoms with van der Waals surface area (Å²) in [4.78, 5) is 0. The molecule has 0 amide bonds. The van der Waals surface area contributed by atoms with E-state index < -0.39 is 0 Å². The first-order chi connectivity index (χ1) is 7.00. The zero-order valence-corrected chi connectivity index (χ0v) is 10.3. The summed E-state index contributed by atoms with van der Waals surface area (Å²) in [6.07, 6.45) is 2.35. The monoisotopic (exact) mass is 271 g/mol. The van der Waals surface area contributed by atoms with Crippen LogP contribution in [0.1, 0.15) is 12.5 Å². The van der Waals surface area contributed by atoms with Crippen LogP contribution >= 0.6 is 15.9 Å². The van der Waals surface area contributed by atoms with Crippen molar-refractivity contribution in [2.24, 2.45) is 11.1 Å². The van der Waals surface area contributed by atoms with E-state index in [2.05, 4.69) is 22.5 Å². The molecule has 0 saturated carbocycles. The molecule has 0 saturated heterocycles. The molecule has 1 unspecified atom stereocenters. The molecule has 0 bridgehead atoms. The second-order valence-electron chi connectivity index (χ2n) is 3.97. The predicted octanol–water partition coefficient (Wildman–Crippen LogP) is 3.28. The largest absolute Gasteiger partial charge is 0.330 e. The first-order valence-corrected chi connectivity index (χ1v) is 5.57. The number of hydrogen-bond acceptors (Lipinski definition) is 1. The van der Waals surface area contributed by atoms with E-state index in [1.165, 1.54) is 6.07 Å². The number of benzene rings is 1. The van der Waals surface area contributed by atoms with Gasteiger partial charge in [0.05, 0.1) is 0 Å². The fourth-order valence-electron chi connectivity index (χ4n) is 1.34. The molecule has 1 rings (SSSR count). The molecule has 0 spiro atoms. The SMILES string of the molecule is C=CC(C)(CN)Cc1cc(Br)ccc1F. The molecular weight excluding hydrogens is 257 g/mol. The Morgan fingerprint density at radius 1 is 1.60 bits per heavy atom. The normalized spacial score (nSPS) is 14.7. The van der Waals surface area contributed by atoms with Crippen molar-refractivity contribution >= 4 is 15.9 Å². The van der Waals surface area contributed by atoms with Gasteiger partial charge in [-0.3, -0.25) is 0 Å². The van der Waals surface area contributed by atoms with Crippen molar-refractivity contribution in [3.8, 4) is 0 Å². The Morgan fingerprint density at radius 3 is 2.80 bits per heavy atom. The van der Waals surface area contributed by atoms with Gasteiger partial charge in [0, 0.05) is 16.4 Å². The molecule has 0 aliphatic rings. The molecular formula is C12H15BrFN. The predicted molar refractivity (Wildman–Crippen MR) is 65.2 cm³/mol. The standard InChI is InChI=1S/C12H15BrFN/c1-3-12(2,8-15)7-9-6-10(13)4-5-11(9)14/h3-6H,1,7-8,15H2,2H3. The van der Waals surface area contributed by atoms with Crippen molar-refractivity contribution in [1.29, 1.82) is 0 Å². The smallest absolute Gasteiger partial charge is 0.126 e. The lowest BCUT2D eigenvalue weighted by atomic mass is 9.84. The van der Waals surface area contributed by atoms with Crippen LogP contribution in [-0.2, 0) is 6.42 Å². The van der Waals surface area contributed by atoms with Gasteiger partial charge in [-0.15, -0.1) is 6.58 Å². The molecule has 0 aromatic heterocycles. The van der Waals surface area contributed by atoms with Crippen LogP contribution in [-0.4, -0.2) is 6.54 Å². The third-order valence-electron chi connectivity index (χ3n) is 2.56. The van der Waals surface area contributed by atoms with Gasteiger partial charge in [0.1, 0.15) is 5.82 Å². The lowest BCUT2D eigenvalue weighted by Crippen LogP contribution is -2.27. The quantitative estimate of drug-likeness (QED) is 0.836. The van der Waals surface area contributed by atoms with Gasteiger partial charge in [0.15, 0.2) is 0 Å². The lowest BCUT2D eigenvalue weighted by Gasteiger charge is -2.23. The minimum atomic E-state index is -0.248. The summed E-state index contributed by atoms with van der Waals surface area (Å²) < 4.78 is 14.4. The van der Waals surface area contributed by atoms with E-state index in [4.69, 9.17) is 5.73 Å². The average Bonchev–Trinajstić information content (AvgIpc) is 2.23. The first kappa shape index (κ1) is 12.4.